The van der Waals surface area contributed by atoms with E-state index in [1.165, 1.54) is 12.3 Å². The van der Waals surface area contributed by atoms with E-state index in [2.05, 4.69) is 10.3 Å². The molecule has 1 aliphatic rings. The second-order valence-electron chi connectivity index (χ2n) is 5.98. The Morgan fingerprint density at radius 3 is 2.76 bits per heavy atom. The van der Waals surface area contributed by atoms with Gasteiger partial charge in [-0.3, -0.25) is 4.79 Å². The fourth-order valence-electron chi connectivity index (χ4n) is 2.18. The molecule has 1 saturated carbocycles. The number of aromatic nitrogens is 1. The van der Waals surface area contributed by atoms with Crippen LogP contribution in [0.4, 0.5) is 0 Å². The van der Waals surface area contributed by atoms with Gasteiger partial charge < -0.3 is 15.2 Å². The summed E-state index contributed by atoms with van der Waals surface area (Å²) in [6, 6.07) is 1.53. The van der Waals surface area contributed by atoms with Gasteiger partial charge in [0, 0.05) is 6.20 Å². The van der Waals surface area contributed by atoms with Crippen molar-refractivity contribution >= 4 is 17.5 Å². The van der Waals surface area contributed by atoms with Crippen LogP contribution in [0, 0.1) is 5.92 Å². The number of halogens is 1. The van der Waals surface area contributed by atoms with Gasteiger partial charge in [0.2, 0.25) is 5.88 Å². The summed E-state index contributed by atoms with van der Waals surface area (Å²) in [7, 11) is 0. The molecule has 21 heavy (non-hydrogen) atoms. The Hall–Kier alpha value is -1.33. The molecule has 1 aliphatic carbocycles. The predicted octanol–water partition coefficient (Wildman–Crippen LogP) is 2.41. The third-order valence-corrected chi connectivity index (χ3v) is 3.89. The molecule has 2 N–H and O–H groups in total. The van der Waals surface area contributed by atoms with Crippen LogP contribution in [-0.2, 0) is 0 Å². The molecule has 0 aromatic carbocycles. The minimum Gasteiger partial charge on any atom is -0.474 e. The van der Waals surface area contributed by atoms with Gasteiger partial charge in [0.25, 0.3) is 5.91 Å². The van der Waals surface area contributed by atoms with Crippen molar-refractivity contribution in [1.82, 2.24) is 10.3 Å². The Morgan fingerprint density at radius 2 is 2.29 bits per heavy atom. The topological polar surface area (TPSA) is 71.5 Å². The number of hydrogen-bond acceptors (Lipinski definition) is 4. The fraction of sp³-hybridized carbons (Fsp3) is 0.600. The molecule has 0 bridgehead atoms. The smallest absolute Gasteiger partial charge is 0.253 e. The van der Waals surface area contributed by atoms with Gasteiger partial charge in [0.15, 0.2) is 0 Å². The van der Waals surface area contributed by atoms with Crippen molar-refractivity contribution in [2.24, 2.45) is 5.92 Å². The zero-order valence-electron chi connectivity index (χ0n) is 12.5. The average Bonchev–Trinajstić information content (AvgIpc) is 3.25. The number of ether oxygens (including phenoxy) is 1. The van der Waals surface area contributed by atoms with Crippen LogP contribution in [0.5, 0.6) is 5.88 Å². The quantitative estimate of drug-likeness (QED) is 0.846. The summed E-state index contributed by atoms with van der Waals surface area (Å²) in [6.45, 7) is 5.52. The van der Waals surface area contributed by atoms with E-state index < -0.39 is 5.54 Å². The highest BCUT2D eigenvalue weighted by molar-refractivity contribution is 6.32. The van der Waals surface area contributed by atoms with Crippen molar-refractivity contribution in [2.45, 2.75) is 45.3 Å². The standard InChI is InChI=1S/C15H21ClN2O3/c1-9(2)21-14-12(16)6-10(7-17-14)13(20)18-15(3,8-19)11-4-5-11/h6-7,9,11,19H,4-5,8H2,1-3H3,(H,18,20). The highest BCUT2D eigenvalue weighted by Crippen LogP contribution is 2.39. The van der Waals surface area contributed by atoms with Crippen LogP contribution < -0.4 is 10.1 Å². The van der Waals surface area contributed by atoms with Crippen molar-refractivity contribution in [3.05, 3.63) is 22.8 Å². The van der Waals surface area contributed by atoms with Crippen LogP contribution in [-0.4, -0.2) is 34.2 Å². The minimum absolute atomic E-state index is 0.0396. The van der Waals surface area contributed by atoms with Crippen LogP contribution in [0.15, 0.2) is 12.3 Å². The van der Waals surface area contributed by atoms with Crippen molar-refractivity contribution in [3.8, 4) is 5.88 Å². The Morgan fingerprint density at radius 1 is 1.62 bits per heavy atom. The molecule has 1 amide bonds. The summed E-state index contributed by atoms with van der Waals surface area (Å²) in [6.07, 6.45) is 3.45. The van der Waals surface area contributed by atoms with Crippen LogP contribution >= 0.6 is 11.6 Å². The van der Waals surface area contributed by atoms with E-state index in [4.69, 9.17) is 16.3 Å². The van der Waals surface area contributed by atoms with Crippen LogP contribution in [0.25, 0.3) is 0 Å². The third-order valence-electron chi connectivity index (χ3n) is 3.62. The number of carbonyl (C=O) groups is 1. The van der Waals surface area contributed by atoms with Crippen molar-refractivity contribution in [2.75, 3.05) is 6.61 Å². The molecule has 5 nitrogen and oxygen atoms in total. The Balaban J connectivity index is 2.10. The zero-order chi connectivity index (χ0) is 15.6. The van der Waals surface area contributed by atoms with Gasteiger partial charge in [-0.2, -0.15) is 0 Å². The maximum absolute atomic E-state index is 12.3. The normalized spacial score (nSPS) is 17.4. The van der Waals surface area contributed by atoms with Crippen molar-refractivity contribution in [3.63, 3.8) is 0 Å². The maximum Gasteiger partial charge on any atom is 0.253 e. The van der Waals surface area contributed by atoms with Gasteiger partial charge in [0.1, 0.15) is 5.02 Å². The summed E-state index contributed by atoms with van der Waals surface area (Å²) in [5.41, 5.74) is -0.229. The van der Waals surface area contributed by atoms with E-state index in [-0.39, 0.29) is 18.6 Å². The van der Waals surface area contributed by atoms with E-state index in [0.29, 0.717) is 22.4 Å². The summed E-state index contributed by atoms with van der Waals surface area (Å²) in [5, 5.41) is 12.7. The Labute approximate surface area is 129 Å². The SMILES string of the molecule is CC(C)Oc1ncc(C(=O)NC(C)(CO)C2CC2)cc1Cl. The predicted molar refractivity (Wildman–Crippen MR) is 80.7 cm³/mol. The van der Waals surface area contributed by atoms with E-state index in [1.54, 1.807) is 0 Å². The summed E-state index contributed by atoms with van der Waals surface area (Å²) >= 11 is 6.08. The number of carbonyl (C=O) groups excluding carboxylic acids is 1. The molecule has 1 aromatic rings. The maximum atomic E-state index is 12.3. The molecular formula is C15H21ClN2O3. The van der Waals surface area contributed by atoms with Crippen LogP contribution in [0.1, 0.15) is 44.0 Å². The number of pyridine rings is 1. The second-order valence-corrected chi connectivity index (χ2v) is 6.39. The molecule has 6 heteroatoms. The minimum atomic E-state index is -0.587. The molecule has 116 valence electrons. The van der Waals surface area contributed by atoms with Gasteiger partial charge in [-0.1, -0.05) is 11.6 Å². The largest absolute Gasteiger partial charge is 0.474 e. The molecule has 1 heterocycles. The number of aliphatic hydroxyl groups excluding tert-OH is 1. The number of hydrogen-bond donors (Lipinski definition) is 2. The average molecular weight is 313 g/mol. The summed E-state index contributed by atoms with van der Waals surface area (Å²) < 4.78 is 5.44. The fourth-order valence-corrected chi connectivity index (χ4v) is 2.39. The first-order valence-corrected chi connectivity index (χ1v) is 7.49. The first-order chi connectivity index (χ1) is 9.85. The number of aliphatic hydroxyl groups is 1. The Bertz CT molecular complexity index is 532. The highest BCUT2D eigenvalue weighted by atomic mass is 35.5. The number of rotatable bonds is 6. The second kappa shape index (κ2) is 6.20. The lowest BCUT2D eigenvalue weighted by Crippen LogP contribution is -2.50. The summed E-state index contributed by atoms with van der Waals surface area (Å²) in [5.74, 6) is 0.359. The van der Waals surface area contributed by atoms with Crippen LogP contribution in [0.2, 0.25) is 5.02 Å². The van der Waals surface area contributed by atoms with Gasteiger partial charge in [0.05, 0.1) is 23.8 Å². The summed E-state index contributed by atoms with van der Waals surface area (Å²) in [4.78, 5) is 16.4. The molecule has 0 radical (unpaired) electrons. The van der Waals surface area contributed by atoms with E-state index in [0.717, 1.165) is 12.8 Å². The molecule has 0 saturated heterocycles. The lowest BCUT2D eigenvalue weighted by atomic mass is 9.96. The molecule has 1 fully saturated rings. The molecule has 0 spiro atoms. The number of nitrogens with zero attached hydrogens (tertiary/aromatic N) is 1. The van der Waals surface area contributed by atoms with Gasteiger partial charge in [-0.25, -0.2) is 4.98 Å². The molecular weight excluding hydrogens is 292 g/mol. The van der Waals surface area contributed by atoms with E-state index in [1.807, 2.05) is 20.8 Å². The molecule has 2 rings (SSSR count). The lowest BCUT2D eigenvalue weighted by Gasteiger charge is -2.28. The number of nitrogens with one attached hydrogen (secondary N) is 1. The third kappa shape index (κ3) is 3.86. The molecule has 0 aliphatic heterocycles. The van der Waals surface area contributed by atoms with Gasteiger partial charge in [-0.15, -0.1) is 0 Å². The van der Waals surface area contributed by atoms with Gasteiger partial charge >= 0.3 is 0 Å². The molecule has 1 unspecified atom stereocenters. The van der Waals surface area contributed by atoms with Crippen molar-refractivity contribution in [1.29, 1.82) is 0 Å². The highest BCUT2D eigenvalue weighted by Gasteiger charge is 2.42. The van der Waals surface area contributed by atoms with E-state index >= 15 is 0 Å². The molecule has 1 atom stereocenters. The monoisotopic (exact) mass is 312 g/mol. The first-order valence-electron chi connectivity index (χ1n) is 7.11. The Kier molecular flexibility index (Phi) is 4.74. The first kappa shape index (κ1) is 16.0. The lowest BCUT2D eigenvalue weighted by molar-refractivity contribution is 0.0824. The van der Waals surface area contributed by atoms with E-state index in [9.17, 15) is 9.90 Å². The zero-order valence-corrected chi connectivity index (χ0v) is 13.3. The van der Waals surface area contributed by atoms with Crippen molar-refractivity contribution < 1.29 is 14.6 Å². The van der Waals surface area contributed by atoms with Crippen LogP contribution in [0.3, 0.4) is 0 Å². The van der Waals surface area contributed by atoms with Gasteiger partial charge in [-0.05, 0) is 45.6 Å². The molecule has 1 aromatic heterocycles. The number of amides is 1.